The van der Waals surface area contributed by atoms with Crippen molar-refractivity contribution in [2.75, 3.05) is 0 Å². The number of carbonyl (C=O) groups is 1. The van der Waals surface area contributed by atoms with Gasteiger partial charge in [-0.3, -0.25) is 10.2 Å². The van der Waals surface area contributed by atoms with Crippen LogP contribution >= 0.6 is 15.9 Å². The number of benzene rings is 1. The van der Waals surface area contributed by atoms with Gasteiger partial charge in [-0.2, -0.15) is 5.26 Å². The zero-order chi connectivity index (χ0) is 16.8. The van der Waals surface area contributed by atoms with Crippen LogP contribution in [-0.2, 0) is 9.53 Å². The van der Waals surface area contributed by atoms with Crippen LogP contribution in [0.1, 0.15) is 38.2 Å². The molecule has 1 N–H and O–H groups in total. The molecule has 5 heteroatoms. The van der Waals surface area contributed by atoms with Crippen molar-refractivity contribution in [3.8, 4) is 6.07 Å². The van der Waals surface area contributed by atoms with E-state index >= 15 is 0 Å². The number of carbonyl (C=O) groups excluding carboxylic acids is 1. The standard InChI is InChI=1S/C18H17BrN2O2/c1-18(2)7-13(22)16-14(8-18)23-17(21)12(9-20)15(16)10-3-5-11(19)6-4-10/h3-6,12,15,21H,7-8H2,1-2H3. The Hall–Kier alpha value is -1.93. The predicted octanol–water partition coefficient (Wildman–Crippen LogP) is 4.32. The summed E-state index contributed by atoms with van der Waals surface area (Å²) < 4.78 is 6.52. The molecule has 1 aromatic rings. The van der Waals surface area contributed by atoms with Crippen LogP contribution < -0.4 is 0 Å². The van der Waals surface area contributed by atoms with E-state index < -0.39 is 11.8 Å². The molecule has 2 atom stereocenters. The number of rotatable bonds is 1. The third kappa shape index (κ3) is 2.84. The zero-order valence-corrected chi connectivity index (χ0v) is 14.6. The molecule has 0 amide bonds. The van der Waals surface area contributed by atoms with Crippen LogP contribution in [0.5, 0.6) is 0 Å². The van der Waals surface area contributed by atoms with E-state index in [-0.39, 0.29) is 17.1 Å². The second kappa shape index (κ2) is 5.61. The van der Waals surface area contributed by atoms with Gasteiger partial charge in [0, 0.05) is 28.8 Å². The lowest BCUT2D eigenvalue weighted by molar-refractivity contribution is -0.119. The van der Waals surface area contributed by atoms with Crippen molar-refractivity contribution in [1.29, 1.82) is 10.7 Å². The van der Waals surface area contributed by atoms with Crippen LogP contribution in [0.3, 0.4) is 0 Å². The number of ketones is 1. The lowest BCUT2D eigenvalue weighted by atomic mass is 9.68. The molecule has 23 heavy (non-hydrogen) atoms. The van der Waals surface area contributed by atoms with Gasteiger partial charge in [-0.25, -0.2) is 0 Å². The third-order valence-corrected chi connectivity index (χ3v) is 4.94. The molecule has 0 radical (unpaired) electrons. The third-order valence-electron chi connectivity index (χ3n) is 4.41. The van der Waals surface area contributed by atoms with Gasteiger partial charge in [-0.1, -0.05) is 41.9 Å². The van der Waals surface area contributed by atoms with Gasteiger partial charge in [0.2, 0.25) is 5.90 Å². The number of allylic oxidation sites excluding steroid dienone is 2. The maximum Gasteiger partial charge on any atom is 0.205 e. The quantitative estimate of drug-likeness (QED) is 0.797. The number of nitrogens with zero attached hydrogens (tertiary/aromatic N) is 1. The maximum absolute atomic E-state index is 12.7. The Bertz CT molecular complexity index is 756. The fourth-order valence-corrected chi connectivity index (χ4v) is 3.66. The highest BCUT2D eigenvalue weighted by molar-refractivity contribution is 9.10. The molecule has 2 unspecified atom stereocenters. The topological polar surface area (TPSA) is 73.9 Å². The summed E-state index contributed by atoms with van der Waals surface area (Å²) in [6, 6.07) is 9.72. The van der Waals surface area contributed by atoms with Crippen molar-refractivity contribution in [3.63, 3.8) is 0 Å². The van der Waals surface area contributed by atoms with Gasteiger partial charge < -0.3 is 4.74 Å². The number of nitriles is 1. The number of Topliss-reactive ketones (excluding diaryl/α,β-unsaturated/α-hetero) is 1. The summed E-state index contributed by atoms with van der Waals surface area (Å²) in [5, 5.41) is 17.6. The Balaban J connectivity index is 2.16. The van der Waals surface area contributed by atoms with E-state index in [1.54, 1.807) is 0 Å². The molecule has 0 saturated heterocycles. The summed E-state index contributed by atoms with van der Waals surface area (Å²) in [6.07, 6.45) is 1.05. The lowest BCUT2D eigenvalue weighted by Crippen LogP contribution is -2.38. The molecular weight excluding hydrogens is 356 g/mol. The summed E-state index contributed by atoms with van der Waals surface area (Å²) in [5.74, 6) is -0.662. The highest BCUT2D eigenvalue weighted by Crippen LogP contribution is 2.47. The van der Waals surface area contributed by atoms with Crippen LogP contribution in [0.4, 0.5) is 0 Å². The van der Waals surface area contributed by atoms with Crippen molar-refractivity contribution < 1.29 is 9.53 Å². The minimum absolute atomic E-state index is 0.0249. The van der Waals surface area contributed by atoms with E-state index in [0.717, 1.165) is 10.0 Å². The van der Waals surface area contributed by atoms with E-state index in [4.69, 9.17) is 10.1 Å². The fourth-order valence-electron chi connectivity index (χ4n) is 3.39. The Morgan fingerprint density at radius 1 is 1.30 bits per heavy atom. The zero-order valence-electron chi connectivity index (χ0n) is 13.0. The Morgan fingerprint density at radius 2 is 1.96 bits per heavy atom. The smallest absolute Gasteiger partial charge is 0.205 e. The molecule has 2 aliphatic rings. The second-order valence-corrected chi connectivity index (χ2v) is 7.80. The normalized spacial score (nSPS) is 26.3. The molecular formula is C18H17BrN2O2. The van der Waals surface area contributed by atoms with Gasteiger partial charge in [0.15, 0.2) is 5.78 Å². The van der Waals surface area contributed by atoms with Gasteiger partial charge >= 0.3 is 0 Å². The Kier molecular flexibility index (Phi) is 3.89. The van der Waals surface area contributed by atoms with E-state index in [9.17, 15) is 10.1 Å². The Labute approximate surface area is 143 Å². The maximum atomic E-state index is 12.7. The van der Waals surface area contributed by atoms with Gasteiger partial charge in [0.25, 0.3) is 0 Å². The molecule has 0 bridgehead atoms. The molecule has 1 aromatic carbocycles. The van der Waals surface area contributed by atoms with Gasteiger partial charge in [-0.05, 0) is 23.1 Å². The summed E-state index contributed by atoms with van der Waals surface area (Å²) in [7, 11) is 0. The molecule has 1 heterocycles. The van der Waals surface area contributed by atoms with E-state index in [1.165, 1.54) is 0 Å². The van der Waals surface area contributed by atoms with Crippen LogP contribution in [0, 0.1) is 28.1 Å². The summed E-state index contributed by atoms with van der Waals surface area (Å²) in [6.45, 7) is 4.04. The van der Waals surface area contributed by atoms with Crippen LogP contribution in [-0.4, -0.2) is 11.7 Å². The number of hydrogen-bond donors (Lipinski definition) is 1. The van der Waals surface area contributed by atoms with Crippen molar-refractivity contribution in [1.82, 2.24) is 0 Å². The van der Waals surface area contributed by atoms with Crippen molar-refractivity contribution in [2.24, 2.45) is 11.3 Å². The SMILES string of the molecule is CC1(C)CC(=O)C2=C(C1)OC(=N)C(C#N)C2c1ccc(Br)cc1. The first-order valence-electron chi connectivity index (χ1n) is 7.50. The molecule has 0 fully saturated rings. The first-order valence-corrected chi connectivity index (χ1v) is 8.29. The molecule has 0 saturated carbocycles. The van der Waals surface area contributed by atoms with E-state index in [1.807, 2.05) is 38.1 Å². The first kappa shape index (κ1) is 15.9. The van der Waals surface area contributed by atoms with Crippen molar-refractivity contribution in [2.45, 2.75) is 32.6 Å². The first-order chi connectivity index (χ1) is 10.8. The van der Waals surface area contributed by atoms with Crippen LogP contribution in [0.15, 0.2) is 40.1 Å². The van der Waals surface area contributed by atoms with Gasteiger partial charge in [0.05, 0.1) is 6.07 Å². The molecule has 3 rings (SSSR count). The average Bonchev–Trinajstić information content (AvgIpc) is 2.45. The molecule has 1 aliphatic heterocycles. The number of hydrogen-bond acceptors (Lipinski definition) is 4. The summed E-state index contributed by atoms with van der Waals surface area (Å²) in [5.41, 5.74) is 1.27. The largest absolute Gasteiger partial charge is 0.446 e. The average molecular weight is 373 g/mol. The highest BCUT2D eigenvalue weighted by Gasteiger charge is 2.46. The molecule has 0 aromatic heterocycles. The van der Waals surface area contributed by atoms with E-state index in [2.05, 4.69) is 22.0 Å². The second-order valence-electron chi connectivity index (χ2n) is 6.88. The minimum atomic E-state index is -0.764. The highest BCUT2D eigenvalue weighted by atomic mass is 79.9. The number of halogens is 1. The predicted molar refractivity (Wildman–Crippen MR) is 89.8 cm³/mol. The number of ether oxygens (including phenoxy) is 1. The van der Waals surface area contributed by atoms with Crippen molar-refractivity contribution >= 4 is 27.6 Å². The fraction of sp³-hybridized carbons (Fsp3) is 0.389. The van der Waals surface area contributed by atoms with Crippen LogP contribution in [0.25, 0.3) is 0 Å². The molecule has 0 spiro atoms. The van der Waals surface area contributed by atoms with Crippen LogP contribution in [0.2, 0.25) is 0 Å². The minimum Gasteiger partial charge on any atom is -0.446 e. The van der Waals surface area contributed by atoms with Gasteiger partial charge in [0.1, 0.15) is 11.7 Å². The summed E-state index contributed by atoms with van der Waals surface area (Å²) in [4.78, 5) is 12.7. The van der Waals surface area contributed by atoms with Gasteiger partial charge in [-0.15, -0.1) is 0 Å². The Morgan fingerprint density at radius 3 is 2.57 bits per heavy atom. The van der Waals surface area contributed by atoms with E-state index in [0.29, 0.717) is 24.2 Å². The van der Waals surface area contributed by atoms with Crippen molar-refractivity contribution in [3.05, 3.63) is 45.6 Å². The number of nitrogens with one attached hydrogen (secondary N) is 1. The molecule has 1 aliphatic carbocycles. The molecule has 4 nitrogen and oxygen atoms in total. The molecule has 118 valence electrons. The monoisotopic (exact) mass is 372 g/mol. The lowest BCUT2D eigenvalue weighted by Gasteiger charge is -2.39. The summed E-state index contributed by atoms with van der Waals surface area (Å²) >= 11 is 3.40.